The maximum absolute atomic E-state index is 9.15. The van der Waals surface area contributed by atoms with E-state index in [0.717, 1.165) is 12.2 Å². The van der Waals surface area contributed by atoms with E-state index < -0.39 is 0 Å². The van der Waals surface area contributed by atoms with Crippen LogP contribution in [-0.4, -0.2) is 38.7 Å². The first kappa shape index (κ1) is 11.6. The molecule has 4 heteroatoms. The van der Waals surface area contributed by atoms with Gasteiger partial charge in [-0.15, -0.1) is 0 Å². The van der Waals surface area contributed by atoms with E-state index in [9.17, 15) is 0 Å². The van der Waals surface area contributed by atoms with E-state index in [1.54, 1.807) is 6.20 Å². The minimum Gasteiger partial charge on any atom is -0.390 e. The molecular weight excluding hydrogens is 202 g/mol. The molecule has 1 fully saturated rings. The van der Waals surface area contributed by atoms with Gasteiger partial charge in [-0.05, 0) is 32.7 Å². The van der Waals surface area contributed by atoms with Crippen molar-refractivity contribution in [3.05, 3.63) is 18.2 Å². The Labute approximate surface area is 96.9 Å². The largest absolute Gasteiger partial charge is 0.390 e. The smallest absolute Gasteiger partial charge is 0.0948 e. The zero-order chi connectivity index (χ0) is 11.5. The van der Waals surface area contributed by atoms with Crippen LogP contribution < -0.4 is 0 Å². The van der Waals surface area contributed by atoms with E-state index in [-0.39, 0.29) is 6.61 Å². The fourth-order valence-electron chi connectivity index (χ4n) is 2.40. The van der Waals surface area contributed by atoms with Crippen molar-refractivity contribution in [2.45, 2.75) is 39.5 Å². The monoisotopic (exact) mass is 223 g/mol. The second-order valence-corrected chi connectivity index (χ2v) is 4.94. The maximum atomic E-state index is 9.15. The van der Waals surface area contributed by atoms with Gasteiger partial charge < -0.3 is 14.6 Å². The molecule has 1 aliphatic rings. The lowest BCUT2D eigenvalue weighted by atomic mass is 10.1. The van der Waals surface area contributed by atoms with Crippen LogP contribution >= 0.6 is 0 Å². The zero-order valence-corrected chi connectivity index (χ0v) is 10.1. The first-order valence-electron chi connectivity index (χ1n) is 6.04. The summed E-state index contributed by atoms with van der Waals surface area (Å²) < 4.78 is 2.08. The molecule has 0 aromatic carbocycles. The summed E-state index contributed by atoms with van der Waals surface area (Å²) >= 11 is 0. The molecule has 4 nitrogen and oxygen atoms in total. The Morgan fingerprint density at radius 2 is 2.38 bits per heavy atom. The highest BCUT2D eigenvalue weighted by atomic mass is 16.3. The fourth-order valence-corrected chi connectivity index (χ4v) is 2.40. The summed E-state index contributed by atoms with van der Waals surface area (Å²) in [6, 6.07) is 0.644. The van der Waals surface area contributed by atoms with E-state index in [1.807, 2.05) is 6.33 Å². The molecule has 1 aromatic rings. The summed E-state index contributed by atoms with van der Waals surface area (Å²) in [6.07, 6.45) is 4.82. The Kier molecular flexibility index (Phi) is 3.61. The average molecular weight is 223 g/mol. The molecule has 1 atom stereocenters. The number of hydrogen-bond acceptors (Lipinski definition) is 3. The van der Waals surface area contributed by atoms with Crippen LogP contribution in [0.5, 0.6) is 0 Å². The van der Waals surface area contributed by atoms with Crippen molar-refractivity contribution in [3.63, 3.8) is 0 Å². The minimum atomic E-state index is 0.0839. The quantitative estimate of drug-likeness (QED) is 0.831. The lowest BCUT2D eigenvalue weighted by molar-refractivity contribution is 0.253. The number of aromatic nitrogens is 2. The molecular formula is C12H21N3O. The lowest BCUT2D eigenvalue weighted by Gasteiger charge is -2.20. The fraction of sp³-hybridized carbons (Fsp3) is 0.750. The van der Waals surface area contributed by atoms with Gasteiger partial charge in [-0.1, -0.05) is 0 Å². The topological polar surface area (TPSA) is 41.3 Å². The Morgan fingerprint density at radius 1 is 1.56 bits per heavy atom. The molecule has 0 saturated carbocycles. The van der Waals surface area contributed by atoms with Gasteiger partial charge in [-0.25, -0.2) is 4.98 Å². The second kappa shape index (κ2) is 4.97. The van der Waals surface area contributed by atoms with E-state index in [4.69, 9.17) is 5.11 Å². The van der Waals surface area contributed by atoms with Crippen LogP contribution in [0.4, 0.5) is 0 Å². The van der Waals surface area contributed by atoms with E-state index in [1.165, 1.54) is 19.5 Å². The summed E-state index contributed by atoms with van der Waals surface area (Å²) in [4.78, 5) is 6.59. The first-order valence-corrected chi connectivity index (χ1v) is 6.04. The Balaban J connectivity index is 1.92. The molecule has 1 saturated heterocycles. The van der Waals surface area contributed by atoms with Gasteiger partial charge in [0.05, 0.1) is 24.8 Å². The minimum absolute atomic E-state index is 0.0839. The number of rotatable bonds is 4. The summed E-state index contributed by atoms with van der Waals surface area (Å²) in [7, 11) is 0. The van der Waals surface area contributed by atoms with E-state index in [0.29, 0.717) is 12.0 Å². The van der Waals surface area contributed by atoms with Crippen LogP contribution in [0.1, 0.15) is 26.0 Å². The number of aliphatic hydroxyl groups excluding tert-OH is 1. The molecule has 0 radical (unpaired) electrons. The van der Waals surface area contributed by atoms with E-state index in [2.05, 4.69) is 28.3 Å². The molecule has 1 aromatic heterocycles. The third-order valence-corrected chi connectivity index (χ3v) is 3.46. The Hall–Kier alpha value is -0.870. The van der Waals surface area contributed by atoms with Crippen molar-refractivity contribution < 1.29 is 5.11 Å². The molecule has 2 rings (SSSR count). The third kappa shape index (κ3) is 2.44. The summed E-state index contributed by atoms with van der Waals surface area (Å²) in [5.74, 6) is 0.696. The number of likely N-dealkylation sites (tertiary alicyclic amines) is 1. The molecule has 0 aliphatic carbocycles. The summed E-state index contributed by atoms with van der Waals surface area (Å²) in [6.45, 7) is 7.93. The van der Waals surface area contributed by atoms with Crippen LogP contribution in [0.15, 0.2) is 12.5 Å². The highest BCUT2D eigenvalue weighted by Crippen LogP contribution is 2.20. The van der Waals surface area contributed by atoms with Crippen LogP contribution in [0.2, 0.25) is 0 Å². The zero-order valence-electron chi connectivity index (χ0n) is 10.1. The molecule has 90 valence electrons. The third-order valence-electron chi connectivity index (χ3n) is 3.46. The van der Waals surface area contributed by atoms with Crippen LogP contribution in [0, 0.1) is 5.92 Å². The number of imidazole rings is 1. The highest BCUT2D eigenvalue weighted by Gasteiger charge is 2.24. The van der Waals surface area contributed by atoms with Crippen molar-refractivity contribution in [1.29, 1.82) is 0 Å². The van der Waals surface area contributed by atoms with Gasteiger partial charge in [0.25, 0.3) is 0 Å². The number of aliphatic hydroxyl groups is 1. The maximum Gasteiger partial charge on any atom is 0.0948 e. The Morgan fingerprint density at radius 3 is 3.00 bits per heavy atom. The molecule has 0 bridgehead atoms. The predicted octanol–water partition coefficient (Wildman–Crippen LogP) is 1.11. The van der Waals surface area contributed by atoms with Gasteiger partial charge in [0.15, 0.2) is 0 Å². The molecule has 0 amide bonds. The van der Waals surface area contributed by atoms with E-state index >= 15 is 0 Å². The van der Waals surface area contributed by atoms with Crippen LogP contribution in [0.25, 0.3) is 0 Å². The lowest BCUT2D eigenvalue weighted by Crippen LogP contribution is -2.28. The number of hydrogen-bond donors (Lipinski definition) is 1. The molecule has 1 unspecified atom stereocenters. The van der Waals surface area contributed by atoms with Crippen molar-refractivity contribution in [2.75, 3.05) is 13.1 Å². The normalized spacial score (nSPS) is 22.1. The first-order chi connectivity index (χ1) is 7.70. The van der Waals surface area contributed by atoms with Gasteiger partial charge in [-0.2, -0.15) is 0 Å². The van der Waals surface area contributed by atoms with Gasteiger partial charge in [0.1, 0.15) is 0 Å². The van der Waals surface area contributed by atoms with Gasteiger partial charge in [0, 0.05) is 19.1 Å². The molecule has 2 heterocycles. The van der Waals surface area contributed by atoms with Crippen molar-refractivity contribution >= 4 is 0 Å². The van der Waals surface area contributed by atoms with Crippen molar-refractivity contribution in [3.8, 4) is 0 Å². The predicted molar refractivity (Wildman–Crippen MR) is 63.0 cm³/mol. The van der Waals surface area contributed by atoms with Gasteiger partial charge >= 0.3 is 0 Å². The number of nitrogens with zero attached hydrogens (tertiary/aromatic N) is 3. The van der Waals surface area contributed by atoms with Gasteiger partial charge in [0.2, 0.25) is 0 Å². The van der Waals surface area contributed by atoms with Crippen LogP contribution in [0.3, 0.4) is 0 Å². The molecule has 1 aliphatic heterocycles. The second-order valence-electron chi connectivity index (χ2n) is 4.94. The molecule has 1 N–H and O–H groups in total. The average Bonchev–Trinajstić information content (AvgIpc) is 2.87. The molecule has 0 spiro atoms. The Bertz CT molecular complexity index is 335. The summed E-state index contributed by atoms with van der Waals surface area (Å²) in [5.41, 5.74) is 0.919. The SMILES string of the molecule is CC(C)N1CCC(Cn2cncc2CO)C1. The summed E-state index contributed by atoms with van der Waals surface area (Å²) in [5, 5.41) is 9.15. The molecule has 16 heavy (non-hydrogen) atoms. The highest BCUT2D eigenvalue weighted by molar-refractivity contribution is 4.96. The van der Waals surface area contributed by atoms with Crippen molar-refractivity contribution in [2.24, 2.45) is 5.92 Å². The van der Waals surface area contributed by atoms with Gasteiger partial charge in [-0.3, -0.25) is 0 Å². The van der Waals surface area contributed by atoms with Crippen LogP contribution in [-0.2, 0) is 13.2 Å². The standard InChI is InChI=1S/C12H21N3O/c1-10(2)14-4-3-11(6-14)7-15-9-13-5-12(15)8-16/h5,9-11,16H,3-4,6-8H2,1-2H3. The van der Waals surface area contributed by atoms with Crippen molar-refractivity contribution in [1.82, 2.24) is 14.5 Å².